The summed E-state index contributed by atoms with van der Waals surface area (Å²) in [4.78, 5) is 0. The molecule has 1 N–H and O–H groups in total. The summed E-state index contributed by atoms with van der Waals surface area (Å²) in [5, 5.41) is 3.26. The average molecular weight is 269 g/mol. The van der Waals surface area contributed by atoms with Gasteiger partial charge >= 0.3 is 0 Å². The van der Waals surface area contributed by atoms with Crippen LogP contribution in [0.1, 0.15) is 12.5 Å². The lowest BCUT2D eigenvalue weighted by Crippen LogP contribution is -2.33. The molecule has 1 unspecified atom stereocenters. The van der Waals surface area contributed by atoms with E-state index in [0.29, 0.717) is 19.6 Å². The Balaban J connectivity index is 2.63. The molecule has 0 aliphatic heterocycles. The van der Waals surface area contributed by atoms with Crippen molar-refractivity contribution >= 4 is 0 Å². The third-order valence-electron chi connectivity index (χ3n) is 3.10. The van der Waals surface area contributed by atoms with Gasteiger partial charge in [0.15, 0.2) is 11.6 Å². The molecule has 0 aliphatic rings. The summed E-state index contributed by atoms with van der Waals surface area (Å²) in [6.45, 7) is 7.95. The van der Waals surface area contributed by atoms with Gasteiger partial charge in [0, 0.05) is 25.6 Å². The van der Waals surface area contributed by atoms with Crippen LogP contribution in [0.5, 0.6) is 0 Å². The number of benzene rings is 1. The average Bonchev–Trinajstić information content (AvgIpc) is 2.39. The van der Waals surface area contributed by atoms with Crippen LogP contribution in [0.2, 0.25) is 0 Å². The molecule has 2 nitrogen and oxygen atoms in total. The Labute approximate surface area is 113 Å². The second-order valence-corrected chi connectivity index (χ2v) is 4.95. The van der Waals surface area contributed by atoms with E-state index in [1.807, 2.05) is 13.0 Å². The van der Waals surface area contributed by atoms with Gasteiger partial charge in [0.2, 0.25) is 0 Å². The van der Waals surface area contributed by atoms with Gasteiger partial charge in [0.25, 0.3) is 0 Å². The number of nitrogens with one attached hydrogen (secondary N) is 1. The minimum absolute atomic E-state index is 0.210. The van der Waals surface area contributed by atoms with Crippen LogP contribution >= 0.6 is 0 Å². The van der Waals surface area contributed by atoms with E-state index >= 15 is 0 Å². The minimum Gasteiger partial charge on any atom is -0.383 e. The molecule has 106 valence electrons. The molecule has 4 heteroatoms. The first-order valence-corrected chi connectivity index (χ1v) is 6.28. The van der Waals surface area contributed by atoms with Crippen LogP contribution in [0.25, 0.3) is 0 Å². The zero-order chi connectivity index (χ0) is 14.3. The predicted octanol–water partition coefficient (Wildman–Crippen LogP) is 2.94. The van der Waals surface area contributed by atoms with Gasteiger partial charge in [-0.15, -0.1) is 6.58 Å². The minimum atomic E-state index is -0.817. The lowest BCUT2D eigenvalue weighted by atomic mass is 9.83. The van der Waals surface area contributed by atoms with Crippen LogP contribution < -0.4 is 5.32 Å². The molecule has 1 rings (SSSR count). The van der Waals surface area contributed by atoms with E-state index in [1.54, 1.807) is 13.2 Å². The van der Waals surface area contributed by atoms with Crippen molar-refractivity contribution in [3.63, 3.8) is 0 Å². The Morgan fingerprint density at radius 1 is 1.37 bits per heavy atom. The molecule has 0 bridgehead atoms. The molecule has 1 aromatic rings. The van der Waals surface area contributed by atoms with Crippen molar-refractivity contribution < 1.29 is 13.5 Å². The summed E-state index contributed by atoms with van der Waals surface area (Å²) in [6, 6.07) is 4.01. The fourth-order valence-electron chi connectivity index (χ4n) is 1.87. The third-order valence-corrected chi connectivity index (χ3v) is 3.10. The zero-order valence-corrected chi connectivity index (χ0v) is 11.5. The van der Waals surface area contributed by atoms with Gasteiger partial charge in [-0.3, -0.25) is 0 Å². The molecule has 19 heavy (non-hydrogen) atoms. The Bertz CT molecular complexity index is 423. The summed E-state index contributed by atoms with van der Waals surface area (Å²) in [5.41, 5.74) is 0.549. The Hall–Kier alpha value is -1.26. The van der Waals surface area contributed by atoms with E-state index in [2.05, 4.69) is 11.9 Å². The van der Waals surface area contributed by atoms with Gasteiger partial charge in [0.05, 0.1) is 6.61 Å². The Morgan fingerprint density at radius 2 is 2.11 bits per heavy atom. The topological polar surface area (TPSA) is 21.3 Å². The molecule has 0 radical (unpaired) electrons. The number of rotatable bonds is 8. The van der Waals surface area contributed by atoms with Crippen LogP contribution in [0.4, 0.5) is 8.78 Å². The first-order valence-electron chi connectivity index (χ1n) is 6.28. The van der Waals surface area contributed by atoms with Crippen molar-refractivity contribution in [2.45, 2.75) is 13.3 Å². The lowest BCUT2D eigenvalue weighted by Gasteiger charge is -2.26. The summed E-state index contributed by atoms with van der Waals surface area (Å²) in [6.07, 6.45) is 2.45. The molecule has 0 aromatic heterocycles. The van der Waals surface area contributed by atoms with Crippen LogP contribution in [-0.2, 0) is 11.2 Å². The molecular formula is C15H21F2NO. The Morgan fingerprint density at radius 3 is 2.68 bits per heavy atom. The third kappa shape index (κ3) is 5.09. The summed E-state index contributed by atoms with van der Waals surface area (Å²) < 4.78 is 31.0. The maximum Gasteiger partial charge on any atom is 0.159 e. The maximum atomic E-state index is 13.2. The molecule has 0 saturated carbocycles. The second kappa shape index (κ2) is 7.36. The fourth-order valence-corrected chi connectivity index (χ4v) is 1.87. The van der Waals surface area contributed by atoms with E-state index in [1.165, 1.54) is 6.07 Å². The largest absolute Gasteiger partial charge is 0.383 e. The van der Waals surface area contributed by atoms with Gasteiger partial charge in [-0.1, -0.05) is 19.1 Å². The standard InChI is InChI=1S/C15H21F2NO/c1-4-15(2,11-18-7-8-19-3)10-12-5-6-13(16)14(17)9-12/h4-6,9,18H,1,7-8,10-11H2,2-3H3. The molecular weight excluding hydrogens is 248 g/mol. The first kappa shape index (κ1) is 15.8. The lowest BCUT2D eigenvalue weighted by molar-refractivity contribution is 0.195. The van der Waals surface area contributed by atoms with Gasteiger partial charge in [-0.05, 0) is 24.1 Å². The molecule has 0 aliphatic carbocycles. The highest BCUT2D eigenvalue weighted by Crippen LogP contribution is 2.24. The second-order valence-electron chi connectivity index (χ2n) is 4.95. The van der Waals surface area contributed by atoms with E-state index in [-0.39, 0.29) is 5.41 Å². The molecule has 1 atom stereocenters. The fraction of sp³-hybridized carbons (Fsp3) is 0.467. The predicted molar refractivity (Wildman–Crippen MR) is 73.1 cm³/mol. The maximum absolute atomic E-state index is 13.2. The Kier molecular flexibility index (Phi) is 6.12. The quantitative estimate of drug-likeness (QED) is 0.579. The summed E-state index contributed by atoms with van der Waals surface area (Å²) in [7, 11) is 1.65. The van der Waals surface area contributed by atoms with Crippen LogP contribution in [0.3, 0.4) is 0 Å². The highest BCUT2D eigenvalue weighted by Gasteiger charge is 2.21. The van der Waals surface area contributed by atoms with Crippen molar-refractivity contribution in [1.82, 2.24) is 5.32 Å². The molecule has 0 heterocycles. The molecule has 0 spiro atoms. The number of methoxy groups -OCH3 is 1. The van der Waals surface area contributed by atoms with Gasteiger partial charge in [-0.2, -0.15) is 0 Å². The van der Waals surface area contributed by atoms with E-state index in [9.17, 15) is 8.78 Å². The molecule has 0 amide bonds. The number of hydrogen-bond donors (Lipinski definition) is 1. The van der Waals surface area contributed by atoms with Crippen molar-refractivity contribution in [2.24, 2.45) is 5.41 Å². The van der Waals surface area contributed by atoms with E-state index in [0.717, 1.165) is 18.2 Å². The van der Waals surface area contributed by atoms with Crippen LogP contribution in [0, 0.1) is 17.0 Å². The van der Waals surface area contributed by atoms with Gasteiger partial charge in [0.1, 0.15) is 0 Å². The van der Waals surface area contributed by atoms with Crippen LogP contribution in [-0.4, -0.2) is 26.8 Å². The first-order chi connectivity index (χ1) is 9.00. The van der Waals surface area contributed by atoms with Crippen molar-refractivity contribution in [2.75, 3.05) is 26.8 Å². The van der Waals surface area contributed by atoms with Crippen molar-refractivity contribution in [3.05, 3.63) is 48.1 Å². The number of hydrogen-bond acceptors (Lipinski definition) is 2. The summed E-state index contributed by atoms with van der Waals surface area (Å²) in [5.74, 6) is -1.63. The van der Waals surface area contributed by atoms with E-state index < -0.39 is 11.6 Å². The summed E-state index contributed by atoms with van der Waals surface area (Å²) >= 11 is 0. The molecule has 0 saturated heterocycles. The highest BCUT2D eigenvalue weighted by atomic mass is 19.2. The SMILES string of the molecule is C=CC(C)(CNCCOC)Cc1ccc(F)c(F)c1. The normalized spacial score (nSPS) is 14.1. The van der Waals surface area contributed by atoms with Gasteiger partial charge in [-0.25, -0.2) is 8.78 Å². The van der Waals surface area contributed by atoms with Gasteiger partial charge < -0.3 is 10.1 Å². The monoisotopic (exact) mass is 269 g/mol. The highest BCUT2D eigenvalue weighted by molar-refractivity contribution is 5.20. The molecule has 0 fully saturated rings. The van der Waals surface area contributed by atoms with Crippen molar-refractivity contribution in [1.29, 1.82) is 0 Å². The van der Waals surface area contributed by atoms with Crippen molar-refractivity contribution in [3.8, 4) is 0 Å². The number of ether oxygens (including phenoxy) is 1. The zero-order valence-electron chi connectivity index (χ0n) is 11.5. The number of halogens is 2. The smallest absolute Gasteiger partial charge is 0.159 e. The molecule has 1 aromatic carbocycles. The van der Waals surface area contributed by atoms with E-state index in [4.69, 9.17) is 4.74 Å². The van der Waals surface area contributed by atoms with Crippen LogP contribution in [0.15, 0.2) is 30.9 Å².